The number of hydrogen-bond donors (Lipinski definition) is 1. The molecule has 3 aromatic rings. The topological polar surface area (TPSA) is 51.1 Å². The van der Waals surface area contributed by atoms with Gasteiger partial charge in [0.1, 0.15) is 6.10 Å². The third-order valence-electron chi connectivity index (χ3n) is 4.65. The van der Waals surface area contributed by atoms with Crippen molar-refractivity contribution < 1.29 is 14.6 Å². The van der Waals surface area contributed by atoms with Gasteiger partial charge in [0.25, 0.3) is 0 Å². The van der Waals surface area contributed by atoms with E-state index < -0.39 is 6.10 Å². The second kappa shape index (κ2) is 5.46. The zero-order valence-electron chi connectivity index (χ0n) is 13.3. The quantitative estimate of drug-likeness (QED) is 0.716. The Balaban J connectivity index is 1.54. The van der Waals surface area contributed by atoms with Crippen molar-refractivity contribution in [2.75, 3.05) is 6.79 Å². The first-order valence-electron chi connectivity index (χ1n) is 8.15. The van der Waals surface area contributed by atoms with Gasteiger partial charge in [0.2, 0.25) is 6.79 Å². The van der Waals surface area contributed by atoms with E-state index in [4.69, 9.17) is 9.47 Å². The lowest BCUT2D eigenvalue weighted by Gasteiger charge is -2.08. The van der Waals surface area contributed by atoms with Gasteiger partial charge in [-0.3, -0.25) is 4.99 Å². The molecule has 5 rings (SSSR count). The zero-order valence-corrected chi connectivity index (χ0v) is 13.3. The van der Waals surface area contributed by atoms with Crippen LogP contribution in [-0.2, 0) is 0 Å². The lowest BCUT2D eigenvalue weighted by atomic mass is 10.0. The summed E-state index contributed by atoms with van der Waals surface area (Å²) in [5, 5.41) is 10.7. The van der Waals surface area contributed by atoms with Crippen molar-refractivity contribution in [2.24, 2.45) is 4.99 Å². The van der Waals surface area contributed by atoms with E-state index in [0.29, 0.717) is 0 Å². The van der Waals surface area contributed by atoms with Crippen LogP contribution in [0.3, 0.4) is 0 Å². The van der Waals surface area contributed by atoms with Crippen LogP contribution in [0.15, 0.2) is 65.7 Å². The first-order chi connectivity index (χ1) is 12.3. The Morgan fingerprint density at radius 2 is 1.76 bits per heavy atom. The first kappa shape index (κ1) is 14.3. The maximum Gasteiger partial charge on any atom is 0.231 e. The van der Waals surface area contributed by atoms with Crippen LogP contribution in [-0.4, -0.2) is 18.1 Å². The lowest BCUT2D eigenvalue weighted by molar-refractivity contribution is 0.174. The molecular formula is C21H15NO3. The predicted octanol–water partition coefficient (Wildman–Crippen LogP) is 4.23. The molecule has 1 aliphatic carbocycles. The molecule has 3 aromatic carbocycles. The molecule has 0 radical (unpaired) electrons. The number of fused-ring (bicyclic) bond motifs is 4. The molecule has 4 nitrogen and oxygen atoms in total. The molecule has 0 bridgehead atoms. The minimum atomic E-state index is -0.642. The molecule has 1 unspecified atom stereocenters. The van der Waals surface area contributed by atoms with Crippen LogP contribution in [0, 0.1) is 0 Å². The molecule has 0 saturated heterocycles. The molecule has 2 aliphatic rings. The standard InChI is InChI=1S/C21H15NO3/c23-21-16-5-2-1-4-14(16)15-6-3-7-17(20(15)21)22-11-13-8-9-18-19(10-13)25-12-24-18/h1-11,21,23H,12H2. The second-order valence-electron chi connectivity index (χ2n) is 6.10. The summed E-state index contributed by atoms with van der Waals surface area (Å²) < 4.78 is 10.7. The van der Waals surface area contributed by atoms with E-state index in [2.05, 4.69) is 4.99 Å². The molecule has 0 aromatic heterocycles. The van der Waals surface area contributed by atoms with Crippen LogP contribution in [0.2, 0.25) is 0 Å². The van der Waals surface area contributed by atoms with Crippen LogP contribution in [0.25, 0.3) is 11.1 Å². The number of nitrogens with zero attached hydrogens (tertiary/aromatic N) is 1. The summed E-state index contributed by atoms with van der Waals surface area (Å²) in [5.74, 6) is 1.48. The van der Waals surface area contributed by atoms with Gasteiger partial charge in [-0.15, -0.1) is 0 Å². The van der Waals surface area contributed by atoms with Gasteiger partial charge in [-0.1, -0.05) is 36.4 Å². The highest BCUT2D eigenvalue weighted by atomic mass is 16.7. The summed E-state index contributed by atoms with van der Waals surface area (Å²) in [5.41, 5.74) is 5.61. The third-order valence-corrected chi connectivity index (χ3v) is 4.65. The Labute approximate surface area is 145 Å². The highest BCUT2D eigenvalue weighted by Crippen LogP contribution is 2.47. The molecule has 1 N–H and O–H groups in total. The molecule has 1 heterocycles. The van der Waals surface area contributed by atoms with Gasteiger partial charge in [0, 0.05) is 11.8 Å². The van der Waals surface area contributed by atoms with Gasteiger partial charge in [-0.05, 0) is 46.5 Å². The van der Waals surface area contributed by atoms with Crippen molar-refractivity contribution in [3.8, 4) is 22.6 Å². The van der Waals surface area contributed by atoms with E-state index in [1.807, 2.05) is 60.7 Å². The maximum atomic E-state index is 10.7. The highest BCUT2D eigenvalue weighted by molar-refractivity contribution is 5.87. The Morgan fingerprint density at radius 1 is 0.920 bits per heavy atom. The first-order valence-corrected chi connectivity index (χ1v) is 8.15. The fourth-order valence-corrected chi connectivity index (χ4v) is 3.46. The van der Waals surface area contributed by atoms with Crippen LogP contribution >= 0.6 is 0 Å². The van der Waals surface area contributed by atoms with E-state index in [0.717, 1.165) is 45.0 Å². The number of benzene rings is 3. The van der Waals surface area contributed by atoms with Crippen molar-refractivity contribution in [1.82, 2.24) is 0 Å². The summed E-state index contributed by atoms with van der Waals surface area (Å²) in [6, 6.07) is 19.6. The van der Waals surface area contributed by atoms with Crippen molar-refractivity contribution in [3.05, 3.63) is 77.4 Å². The number of ether oxygens (including phenoxy) is 2. The van der Waals surface area contributed by atoms with Crippen LogP contribution in [0.5, 0.6) is 11.5 Å². The van der Waals surface area contributed by atoms with Gasteiger partial charge >= 0.3 is 0 Å². The van der Waals surface area contributed by atoms with Crippen molar-refractivity contribution >= 4 is 11.9 Å². The Hall–Kier alpha value is -3.11. The minimum Gasteiger partial charge on any atom is -0.454 e. The van der Waals surface area contributed by atoms with E-state index >= 15 is 0 Å². The van der Waals surface area contributed by atoms with Crippen molar-refractivity contribution in [3.63, 3.8) is 0 Å². The average Bonchev–Trinajstić information content (AvgIpc) is 3.23. The lowest BCUT2D eigenvalue weighted by Crippen LogP contribution is -1.94. The van der Waals surface area contributed by atoms with Crippen molar-refractivity contribution in [2.45, 2.75) is 6.10 Å². The second-order valence-corrected chi connectivity index (χ2v) is 6.10. The number of aliphatic imine (C=N–C) groups is 1. The molecule has 122 valence electrons. The number of aliphatic hydroxyl groups is 1. The van der Waals surface area contributed by atoms with E-state index in [9.17, 15) is 5.11 Å². The molecule has 1 atom stereocenters. The van der Waals surface area contributed by atoms with Crippen molar-refractivity contribution in [1.29, 1.82) is 0 Å². The summed E-state index contributed by atoms with van der Waals surface area (Å²) >= 11 is 0. The van der Waals surface area contributed by atoms with E-state index in [-0.39, 0.29) is 6.79 Å². The van der Waals surface area contributed by atoms with Crippen LogP contribution in [0.1, 0.15) is 22.8 Å². The highest BCUT2D eigenvalue weighted by Gasteiger charge is 2.28. The molecular weight excluding hydrogens is 314 g/mol. The summed E-state index contributed by atoms with van der Waals surface area (Å²) in [4.78, 5) is 4.63. The fourth-order valence-electron chi connectivity index (χ4n) is 3.46. The summed E-state index contributed by atoms with van der Waals surface area (Å²) in [7, 11) is 0. The summed E-state index contributed by atoms with van der Waals surface area (Å²) in [6.45, 7) is 0.257. The SMILES string of the molecule is OC1c2ccccc2-c2cccc(N=Cc3ccc4c(c3)OCO4)c21. The summed E-state index contributed by atoms with van der Waals surface area (Å²) in [6.07, 6.45) is 1.14. The third kappa shape index (κ3) is 2.22. The van der Waals surface area contributed by atoms with Crippen LogP contribution in [0.4, 0.5) is 5.69 Å². The van der Waals surface area contributed by atoms with E-state index in [1.165, 1.54) is 0 Å². The molecule has 0 spiro atoms. The Kier molecular flexibility index (Phi) is 3.11. The van der Waals surface area contributed by atoms with Gasteiger partial charge in [0.05, 0.1) is 5.69 Å². The zero-order chi connectivity index (χ0) is 16.8. The number of aliphatic hydroxyl groups excluding tert-OH is 1. The van der Waals surface area contributed by atoms with Gasteiger partial charge in [0.15, 0.2) is 11.5 Å². The molecule has 0 saturated carbocycles. The molecule has 0 fully saturated rings. The van der Waals surface area contributed by atoms with E-state index in [1.54, 1.807) is 6.21 Å². The van der Waals surface area contributed by atoms with Gasteiger partial charge in [-0.25, -0.2) is 0 Å². The monoisotopic (exact) mass is 329 g/mol. The maximum absolute atomic E-state index is 10.7. The molecule has 4 heteroatoms. The normalized spacial score (nSPS) is 16.9. The molecule has 0 amide bonds. The Morgan fingerprint density at radius 3 is 2.72 bits per heavy atom. The predicted molar refractivity (Wildman–Crippen MR) is 95.8 cm³/mol. The minimum absolute atomic E-state index is 0.257. The van der Waals surface area contributed by atoms with Crippen LogP contribution < -0.4 is 9.47 Å². The average molecular weight is 329 g/mol. The number of rotatable bonds is 2. The fraction of sp³-hybridized carbons (Fsp3) is 0.0952. The number of hydrogen-bond acceptors (Lipinski definition) is 4. The smallest absolute Gasteiger partial charge is 0.231 e. The molecule has 1 aliphatic heterocycles. The largest absolute Gasteiger partial charge is 0.454 e. The Bertz CT molecular complexity index is 1010. The van der Waals surface area contributed by atoms with Gasteiger partial charge in [-0.2, -0.15) is 0 Å². The molecule has 25 heavy (non-hydrogen) atoms. The van der Waals surface area contributed by atoms with Gasteiger partial charge < -0.3 is 14.6 Å².